The van der Waals surface area contributed by atoms with E-state index in [0.717, 1.165) is 0 Å². The molecule has 0 aliphatic carbocycles. The Morgan fingerprint density at radius 1 is 0.741 bits per heavy atom. The first-order valence-electron chi connectivity index (χ1n) is 8.55. The highest BCUT2D eigenvalue weighted by atomic mass is 16.4. The van der Waals surface area contributed by atoms with Crippen LogP contribution in [0.3, 0.4) is 0 Å². The van der Waals surface area contributed by atoms with E-state index in [0.29, 0.717) is 0 Å². The molecule has 156 valence electrons. The van der Waals surface area contributed by atoms with E-state index in [2.05, 4.69) is 16.0 Å². The number of nitrogens with one attached hydrogen (secondary N) is 3. The van der Waals surface area contributed by atoms with E-state index in [1.54, 1.807) is 13.8 Å². The van der Waals surface area contributed by atoms with Crippen molar-refractivity contribution in [3.05, 3.63) is 0 Å². The number of rotatable bonds is 10. The van der Waals surface area contributed by atoms with E-state index in [-0.39, 0.29) is 0 Å². The number of aliphatic hydroxyl groups is 2. The van der Waals surface area contributed by atoms with Crippen molar-refractivity contribution >= 4 is 23.7 Å². The van der Waals surface area contributed by atoms with E-state index < -0.39 is 66.0 Å². The number of carboxylic acid groups (broad SMARTS) is 1. The molecule has 0 radical (unpaired) electrons. The number of carbonyl (C=O) groups excluding carboxylic acids is 3. The van der Waals surface area contributed by atoms with Crippen molar-refractivity contribution in [1.82, 2.24) is 16.0 Å². The second-order valence-electron chi connectivity index (χ2n) is 6.79. The molecule has 6 atom stereocenters. The number of hydrogen-bond acceptors (Lipinski definition) is 7. The SMILES string of the molecule is CC(C)[C@H](NC(=O)[C@H](C)NC(=O)[C@@H](N)[C@@H](C)O)C(=O)N[C@H](C(=O)O)[C@@H](C)O. The topological polar surface area (TPSA) is 191 Å². The molecule has 0 aromatic heterocycles. The van der Waals surface area contributed by atoms with Crippen LogP contribution in [0.4, 0.5) is 0 Å². The van der Waals surface area contributed by atoms with E-state index in [1.807, 2.05) is 0 Å². The van der Waals surface area contributed by atoms with Crippen LogP contribution < -0.4 is 21.7 Å². The minimum atomic E-state index is -1.53. The smallest absolute Gasteiger partial charge is 0.328 e. The maximum Gasteiger partial charge on any atom is 0.328 e. The van der Waals surface area contributed by atoms with E-state index >= 15 is 0 Å². The lowest BCUT2D eigenvalue weighted by Crippen LogP contribution is -2.59. The van der Waals surface area contributed by atoms with E-state index in [4.69, 9.17) is 10.8 Å². The summed E-state index contributed by atoms with van der Waals surface area (Å²) in [5, 5.41) is 34.7. The van der Waals surface area contributed by atoms with E-state index in [9.17, 15) is 29.4 Å². The number of hydrogen-bond donors (Lipinski definition) is 7. The molecule has 0 spiro atoms. The third kappa shape index (κ3) is 7.89. The zero-order valence-corrected chi connectivity index (χ0v) is 16.1. The number of amides is 3. The molecule has 27 heavy (non-hydrogen) atoms. The minimum absolute atomic E-state index is 0.403. The van der Waals surface area contributed by atoms with Gasteiger partial charge in [-0.3, -0.25) is 14.4 Å². The first-order chi connectivity index (χ1) is 12.3. The van der Waals surface area contributed by atoms with Gasteiger partial charge in [0.25, 0.3) is 0 Å². The quantitative estimate of drug-likeness (QED) is 0.209. The summed E-state index contributed by atoms with van der Waals surface area (Å²) in [6.45, 7) is 7.18. The Hall–Kier alpha value is -2.24. The largest absolute Gasteiger partial charge is 0.480 e. The normalized spacial score (nSPS) is 17.8. The van der Waals surface area contributed by atoms with Gasteiger partial charge in [0.15, 0.2) is 6.04 Å². The molecule has 0 aromatic rings. The molecular formula is C16H30N4O7. The standard InChI is InChI=1S/C16H30N4O7/c1-6(2)11(15(25)20-12(9(5)22)16(26)27)19-13(23)7(3)18-14(24)10(17)8(4)21/h6-12,21-22H,17H2,1-5H3,(H,18,24)(H,19,23)(H,20,25)(H,26,27)/t7-,8+,9+,10-,11-,12-/m0/s1. The maximum atomic E-state index is 12.3. The molecule has 0 unspecified atom stereocenters. The maximum absolute atomic E-state index is 12.3. The summed E-state index contributed by atoms with van der Waals surface area (Å²) in [5.74, 6) is -4.04. The van der Waals surface area contributed by atoms with Crippen molar-refractivity contribution in [2.24, 2.45) is 11.7 Å². The van der Waals surface area contributed by atoms with Crippen molar-refractivity contribution < 1.29 is 34.5 Å². The van der Waals surface area contributed by atoms with Crippen LogP contribution >= 0.6 is 0 Å². The number of carbonyl (C=O) groups is 4. The Bertz CT molecular complexity index is 551. The van der Waals surface area contributed by atoms with Gasteiger partial charge >= 0.3 is 5.97 Å². The lowest BCUT2D eigenvalue weighted by molar-refractivity contribution is -0.145. The zero-order chi connectivity index (χ0) is 21.5. The van der Waals surface area contributed by atoms with Crippen LogP contribution in [0.5, 0.6) is 0 Å². The number of nitrogens with two attached hydrogens (primary N) is 1. The van der Waals surface area contributed by atoms with Gasteiger partial charge in [0.1, 0.15) is 18.1 Å². The fourth-order valence-corrected chi connectivity index (χ4v) is 2.04. The van der Waals surface area contributed by atoms with Crippen molar-refractivity contribution in [1.29, 1.82) is 0 Å². The van der Waals surface area contributed by atoms with Gasteiger partial charge in [-0.05, 0) is 26.7 Å². The van der Waals surface area contributed by atoms with Gasteiger partial charge in [0.05, 0.1) is 12.2 Å². The van der Waals surface area contributed by atoms with Crippen LogP contribution in [-0.2, 0) is 19.2 Å². The summed E-state index contributed by atoms with van der Waals surface area (Å²) < 4.78 is 0. The highest BCUT2D eigenvalue weighted by Crippen LogP contribution is 2.05. The van der Waals surface area contributed by atoms with Crippen LogP contribution in [0.25, 0.3) is 0 Å². The number of aliphatic carboxylic acids is 1. The van der Waals surface area contributed by atoms with Gasteiger partial charge in [0.2, 0.25) is 17.7 Å². The monoisotopic (exact) mass is 390 g/mol. The molecule has 0 aliphatic heterocycles. The summed E-state index contributed by atoms with van der Waals surface area (Å²) in [6.07, 6.45) is -2.45. The summed E-state index contributed by atoms with van der Waals surface area (Å²) in [4.78, 5) is 47.5. The Morgan fingerprint density at radius 2 is 1.22 bits per heavy atom. The minimum Gasteiger partial charge on any atom is -0.480 e. The molecule has 0 saturated heterocycles. The molecular weight excluding hydrogens is 360 g/mol. The molecule has 0 aromatic carbocycles. The average Bonchev–Trinajstić information content (AvgIpc) is 2.54. The molecule has 0 heterocycles. The lowest BCUT2D eigenvalue weighted by atomic mass is 10.0. The van der Waals surface area contributed by atoms with Crippen LogP contribution in [0, 0.1) is 5.92 Å². The van der Waals surface area contributed by atoms with Gasteiger partial charge in [-0.1, -0.05) is 13.8 Å². The number of aliphatic hydroxyl groups excluding tert-OH is 2. The third-order valence-electron chi connectivity index (χ3n) is 3.87. The highest BCUT2D eigenvalue weighted by molar-refractivity contribution is 5.94. The van der Waals surface area contributed by atoms with Gasteiger partial charge < -0.3 is 37.0 Å². The van der Waals surface area contributed by atoms with Gasteiger partial charge in [-0.15, -0.1) is 0 Å². The Kier molecular flexibility index (Phi) is 9.90. The van der Waals surface area contributed by atoms with Crippen molar-refractivity contribution in [2.75, 3.05) is 0 Å². The Labute approximate surface area is 157 Å². The van der Waals surface area contributed by atoms with Crippen molar-refractivity contribution in [3.63, 3.8) is 0 Å². The van der Waals surface area contributed by atoms with Gasteiger partial charge in [-0.25, -0.2) is 4.79 Å². The molecule has 0 saturated carbocycles. The predicted octanol–water partition coefficient (Wildman–Crippen LogP) is -2.71. The summed E-state index contributed by atoms with van der Waals surface area (Å²) >= 11 is 0. The summed E-state index contributed by atoms with van der Waals surface area (Å²) in [5.41, 5.74) is 5.48. The molecule has 11 heteroatoms. The number of carboxylic acids is 1. The first kappa shape index (κ1) is 24.8. The van der Waals surface area contributed by atoms with Crippen molar-refractivity contribution in [2.45, 2.75) is 71.0 Å². The summed E-state index contributed by atoms with van der Waals surface area (Å²) in [7, 11) is 0. The van der Waals surface area contributed by atoms with Crippen LogP contribution in [0.1, 0.15) is 34.6 Å². The highest BCUT2D eigenvalue weighted by Gasteiger charge is 2.32. The second kappa shape index (κ2) is 10.8. The van der Waals surface area contributed by atoms with Gasteiger partial charge in [-0.2, -0.15) is 0 Å². The molecule has 8 N–H and O–H groups in total. The first-order valence-corrected chi connectivity index (χ1v) is 8.55. The fraction of sp³-hybridized carbons (Fsp3) is 0.750. The molecule has 0 aliphatic rings. The van der Waals surface area contributed by atoms with Crippen LogP contribution in [0.15, 0.2) is 0 Å². The third-order valence-corrected chi connectivity index (χ3v) is 3.87. The zero-order valence-electron chi connectivity index (χ0n) is 16.1. The van der Waals surface area contributed by atoms with Crippen molar-refractivity contribution in [3.8, 4) is 0 Å². The lowest BCUT2D eigenvalue weighted by Gasteiger charge is -2.26. The summed E-state index contributed by atoms with van der Waals surface area (Å²) in [6, 6.07) is -4.89. The Morgan fingerprint density at radius 3 is 1.59 bits per heavy atom. The molecule has 0 bridgehead atoms. The van der Waals surface area contributed by atoms with Gasteiger partial charge in [0, 0.05) is 0 Å². The average molecular weight is 390 g/mol. The molecule has 0 rings (SSSR count). The molecule has 0 fully saturated rings. The van der Waals surface area contributed by atoms with E-state index in [1.165, 1.54) is 20.8 Å². The Balaban J connectivity index is 5.03. The van der Waals surface area contributed by atoms with Crippen LogP contribution in [0.2, 0.25) is 0 Å². The second-order valence-corrected chi connectivity index (χ2v) is 6.79. The fourth-order valence-electron chi connectivity index (χ4n) is 2.04. The predicted molar refractivity (Wildman–Crippen MR) is 95.3 cm³/mol. The molecule has 3 amide bonds. The van der Waals surface area contributed by atoms with Crippen LogP contribution in [-0.4, -0.2) is 75.4 Å². The molecule has 11 nitrogen and oxygen atoms in total.